The van der Waals surface area contributed by atoms with Gasteiger partial charge >= 0.3 is 12.3 Å². The van der Waals surface area contributed by atoms with Crippen LogP contribution in [-0.2, 0) is 4.74 Å². The number of ether oxygens (including phenoxy) is 2. The second-order valence-electron chi connectivity index (χ2n) is 5.56. The molecule has 0 aliphatic carbocycles. The molecule has 0 aliphatic heterocycles. The molecule has 0 amide bonds. The molecule has 0 bridgehead atoms. The number of aromatic nitrogens is 2. The summed E-state index contributed by atoms with van der Waals surface area (Å²) in [5, 5.41) is 3.47. The van der Waals surface area contributed by atoms with Gasteiger partial charge in [-0.3, -0.25) is 0 Å². The lowest BCUT2D eigenvalue weighted by molar-refractivity contribution is -0.274. The van der Waals surface area contributed by atoms with Crippen molar-refractivity contribution in [3.63, 3.8) is 0 Å². The van der Waals surface area contributed by atoms with Gasteiger partial charge in [0.2, 0.25) is 0 Å². The molecule has 6 nitrogen and oxygen atoms in total. The fourth-order valence-electron chi connectivity index (χ4n) is 2.49. The number of methoxy groups -OCH3 is 1. The first kappa shape index (κ1) is 18.4. The van der Waals surface area contributed by atoms with Crippen molar-refractivity contribution in [3.05, 3.63) is 53.9 Å². The Morgan fingerprint density at radius 1 is 1.19 bits per heavy atom. The first-order valence-electron chi connectivity index (χ1n) is 7.74. The van der Waals surface area contributed by atoms with E-state index in [1.165, 1.54) is 37.6 Å². The Labute approximate surface area is 152 Å². The third kappa shape index (κ3) is 4.25. The van der Waals surface area contributed by atoms with Crippen molar-refractivity contribution in [3.8, 4) is 5.75 Å². The number of benzene rings is 1. The van der Waals surface area contributed by atoms with Gasteiger partial charge in [0, 0.05) is 29.0 Å². The molecule has 3 aromatic rings. The van der Waals surface area contributed by atoms with Gasteiger partial charge in [-0.05, 0) is 31.2 Å². The highest BCUT2D eigenvalue weighted by Crippen LogP contribution is 2.31. The van der Waals surface area contributed by atoms with Crippen molar-refractivity contribution in [1.82, 2.24) is 9.97 Å². The Morgan fingerprint density at radius 2 is 1.96 bits per heavy atom. The molecule has 0 spiro atoms. The summed E-state index contributed by atoms with van der Waals surface area (Å²) < 4.78 is 46.0. The minimum atomic E-state index is -4.80. The average Bonchev–Trinajstić information content (AvgIpc) is 2.60. The highest BCUT2D eigenvalue weighted by molar-refractivity contribution is 6.05. The van der Waals surface area contributed by atoms with Gasteiger partial charge in [0.25, 0.3) is 0 Å². The number of pyridine rings is 2. The number of alkyl halides is 3. The first-order chi connectivity index (χ1) is 12.8. The topological polar surface area (TPSA) is 73.3 Å². The molecule has 1 N–H and O–H groups in total. The van der Waals surface area contributed by atoms with Crippen molar-refractivity contribution in [2.45, 2.75) is 13.3 Å². The lowest BCUT2D eigenvalue weighted by atomic mass is 10.1. The van der Waals surface area contributed by atoms with Crippen LogP contribution in [0.25, 0.3) is 11.0 Å². The minimum Gasteiger partial charge on any atom is -0.465 e. The number of esters is 1. The number of nitrogens with one attached hydrogen (secondary N) is 1. The normalized spacial score (nSPS) is 11.3. The number of hydrogen-bond donors (Lipinski definition) is 1. The molecule has 9 heteroatoms. The molecule has 0 saturated heterocycles. The molecule has 0 aliphatic rings. The van der Waals surface area contributed by atoms with Gasteiger partial charge in [-0.15, -0.1) is 13.2 Å². The van der Waals surface area contributed by atoms with Gasteiger partial charge in [0.05, 0.1) is 12.8 Å². The molecule has 0 unspecified atom stereocenters. The number of carbonyl (C=O) groups excluding carboxylic acids is 1. The van der Waals surface area contributed by atoms with Gasteiger partial charge in [-0.25, -0.2) is 14.8 Å². The van der Waals surface area contributed by atoms with Crippen LogP contribution in [0.2, 0.25) is 0 Å². The Morgan fingerprint density at radius 3 is 2.67 bits per heavy atom. The van der Waals surface area contributed by atoms with Crippen LogP contribution in [0.1, 0.15) is 16.1 Å². The number of fused-ring (bicyclic) bond motifs is 1. The van der Waals surface area contributed by atoms with E-state index in [1.54, 1.807) is 19.1 Å². The van der Waals surface area contributed by atoms with Gasteiger partial charge in [0.15, 0.2) is 5.65 Å². The Bertz CT molecular complexity index is 1010. The van der Waals surface area contributed by atoms with E-state index in [0.29, 0.717) is 16.7 Å². The number of halogens is 3. The van der Waals surface area contributed by atoms with Crippen LogP contribution in [0.4, 0.5) is 24.5 Å². The summed E-state index contributed by atoms with van der Waals surface area (Å²) in [6.45, 7) is 1.79. The Kier molecular flexibility index (Phi) is 4.85. The zero-order chi connectivity index (χ0) is 19.6. The second kappa shape index (κ2) is 7.10. The molecular formula is C18H14F3N3O3. The number of nitrogens with zero attached hydrogens (tertiary/aromatic N) is 2. The maximum atomic E-state index is 12.4. The van der Waals surface area contributed by atoms with E-state index in [-0.39, 0.29) is 17.0 Å². The monoisotopic (exact) mass is 377 g/mol. The fourth-order valence-corrected chi connectivity index (χ4v) is 2.49. The Hall–Kier alpha value is -3.36. The molecule has 3 rings (SSSR count). The lowest BCUT2D eigenvalue weighted by Gasteiger charge is -2.15. The van der Waals surface area contributed by atoms with Crippen LogP contribution in [0.5, 0.6) is 5.75 Å². The highest BCUT2D eigenvalue weighted by Gasteiger charge is 2.31. The number of anilines is 2. The van der Waals surface area contributed by atoms with E-state index in [9.17, 15) is 18.0 Å². The summed E-state index contributed by atoms with van der Waals surface area (Å²) in [7, 11) is 1.22. The third-order valence-electron chi connectivity index (χ3n) is 3.61. The summed E-state index contributed by atoms with van der Waals surface area (Å²) in [5.41, 5.74) is 1.84. The molecule has 2 aromatic heterocycles. The predicted molar refractivity (Wildman–Crippen MR) is 92.0 cm³/mol. The van der Waals surface area contributed by atoms with Crippen molar-refractivity contribution in [1.29, 1.82) is 0 Å². The summed E-state index contributed by atoms with van der Waals surface area (Å²) in [5.74, 6) is -1.03. The van der Waals surface area contributed by atoms with Gasteiger partial charge in [0.1, 0.15) is 11.3 Å². The summed E-state index contributed by atoms with van der Waals surface area (Å²) in [4.78, 5) is 20.5. The van der Waals surface area contributed by atoms with Crippen LogP contribution in [0.3, 0.4) is 0 Å². The Balaban J connectivity index is 2.07. The maximum absolute atomic E-state index is 12.4. The SMILES string of the molecule is COC(=O)c1cnc2nc(C)ccc2c1Nc1cccc(OC(F)(F)F)c1. The van der Waals surface area contributed by atoms with Crippen molar-refractivity contribution in [2.75, 3.05) is 12.4 Å². The number of hydrogen-bond acceptors (Lipinski definition) is 6. The zero-order valence-electron chi connectivity index (χ0n) is 14.3. The molecular weight excluding hydrogens is 363 g/mol. The molecule has 1 aromatic carbocycles. The average molecular weight is 377 g/mol. The third-order valence-corrected chi connectivity index (χ3v) is 3.61. The van der Waals surface area contributed by atoms with Crippen molar-refractivity contribution < 1.29 is 27.4 Å². The standard InChI is InChI=1S/C18H14F3N3O3/c1-10-6-7-13-15(14(17(25)26-2)9-22-16(13)23-10)24-11-4-3-5-12(8-11)27-18(19,20)21/h3-9H,1-2H3,(H,22,23,24). The first-order valence-corrected chi connectivity index (χ1v) is 7.74. The van der Waals surface area contributed by atoms with E-state index < -0.39 is 12.3 Å². The van der Waals surface area contributed by atoms with E-state index in [4.69, 9.17) is 4.74 Å². The number of rotatable bonds is 4. The zero-order valence-corrected chi connectivity index (χ0v) is 14.3. The largest absolute Gasteiger partial charge is 0.573 e. The molecule has 0 saturated carbocycles. The van der Waals surface area contributed by atoms with Crippen LogP contribution in [0.15, 0.2) is 42.6 Å². The van der Waals surface area contributed by atoms with E-state index in [2.05, 4.69) is 20.0 Å². The summed E-state index contributed by atoms with van der Waals surface area (Å²) >= 11 is 0. The second-order valence-corrected chi connectivity index (χ2v) is 5.56. The molecule has 2 heterocycles. The summed E-state index contributed by atoms with van der Waals surface area (Å²) in [6.07, 6.45) is -3.50. The molecule has 0 fully saturated rings. The molecule has 0 radical (unpaired) electrons. The molecule has 0 atom stereocenters. The fraction of sp³-hybridized carbons (Fsp3) is 0.167. The van der Waals surface area contributed by atoms with Crippen LogP contribution in [-0.4, -0.2) is 29.4 Å². The van der Waals surface area contributed by atoms with Crippen molar-refractivity contribution >= 4 is 28.4 Å². The minimum absolute atomic E-state index is 0.123. The quantitative estimate of drug-likeness (QED) is 0.681. The lowest BCUT2D eigenvalue weighted by Crippen LogP contribution is -2.17. The maximum Gasteiger partial charge on any atom is 0.573 e. The number of carbonyl (C=O) groups is 1. The smallest absolute Gasteiger partial charge is 0.465 e. The molecule has 140 valence electrons. The van der Waals surface area contributed by atoms with Crippen LogP contribution < -0.4 is 10.1 Å². The predicted octanol–water partition coefficient (Wildman–Crippen LogP) is 4.37. The van der Waals surface area contributed by atoms with Gasteiger partial charge in [-0.1, -0.05) is 6.07 Å². The van der Waals surface area contributed by atoms with E-state index in [1.807, 2.05) is 0 Å². The van der Waals surface area contributed by atoms with Gasteiger partial charge < -0.3 is 14.8 Å². The number of aryl methyl sites for hydroxylation is 1. The summed E-state index contributed by atoms with van der Waals surface area (Å²) in [6, 6.07) is 8.73. The highest BCUT2D eigenvalue weighted by atomic mass is 19.4. The van der Waals surface area contributed by atoms with E-state index >= 15 is 0 Å². The molecule has 27 heavy (non-hydrogen) atoms. The van der Waals surface area contributed by atoms with Crippen LogP contribution >= 0.6 is 0 Å². The van der Waals surface area contributed by atoms with Crippen molar-refractivity contribution in [2.24, 2.45) is 0 Å². The van der Waals surface area contributed by atoms with Gasteiger partial charge in [-0.2, -0.15) is 0 Å². The van der Waals surface area contributed by atoms with Crippen LogP contribution in [0, 0.1) is 6.92 Å². The van der Waals surface area contributed by atoms with E-state index in [0.717, 1.165) is 5.69 Å².